The zero-order valence-electron chi connectivity index (χ0n) is 17.9. The van der Waals surface area contributed by atoms with Crippen molar-refractivity contribution < 1.29 is 18.4 Å². The van der Waals surface area contributed by atoms with Gasteiger partial charge < -0.3 is 0 Å². The van der Waals surface area contributed by atoms with Crippen molar-refractivity contribution in [2.75, 3.05) is 0 Å². The van der Waals surface area contributed by atoms with E-state index in [0.717, 1.165) is 38.5 Å². The first-order chi connectivity index (χ1) is 15.5. The molecule has 0 saturated carbocycles. The van der Waals surface area contributed by atoms with Crippen LogP contribution in [0.3, 0.4) is 0 Å². The quantitative estimate of drug-likeness (QED) is 0.268. The predicted molar refractivity (Wildman–Crippen MR) is 121 cm³/mol. The number of unbranched alkanes of at least 4 members (excludes halogenated alkanes) is 5. The van der Waals surface area contributed by atoms with E-state index in [1.807, 2.05) is 0 Å². The van der Waals surface area contributed by atoms with E-state index in [9.17, 15) is 18.4 Å². The Morgan fingerprint density at radius 2 is 0.969 bits per heavy atom. The van der Waals surface area contributed by atoms with Crippen molar-refractivity contribution in [1.82, 2.24) is 10.9 Å². The minimum atomic E-state index is -0.317. The summed E-state index contributed by atoms with van der Waals surface area (Å²) in [6, 6.07) is 11.6. The topological polar surface area (TPSA) is 82.9 Å². The number of hydrogen-bond acceptors (Lipinski definition) is 4. The molecule has 32 heavy (non-hydrogen) atoms. The van der Waals surface area contributed by atoms with E-state index in [1.165, 1.54) is 36.7 Å². The highest BCUT2D eigenvalue weighted by atomic mass is 19.1. The lowest BCUT2D eigenvalue weighted by atomic mass is 10.1. The van der Waals surface area contributed by atoms with Gasteiger partial charge in [0.25, 0.3) is 0 Å². The maximum absolute atomic E-state index is 12.8. The average Bonchev–Trinajstić information content (AvgIpc) is 2.78. The fourth-order valence-electron chi connectivity index (χ4n) is 2.85. The molecule has 0 aromatic heterocycles. The van der Waals surface area contributed by atoms with Crippen molar-refractivity contribution in [3.05, 3.63) is 71.3 Å². The van der Waals surface area contributed by atoms with Gasteiger partial charge >= 0.3 is 0 Å². The Kier molecular flexibility index (Phi) is 11.3. The zero-order valence-corrected chi connectivity index (χ0v) is 17.9. The highest BCUT2D eigenvalue weighted by molar-refractivity contribution is 5.83. The number of benzene rings is 2. The molecule has 0 aliphatic rings. The molecule has 0 spiro atoms. The van der Waals surface area contributed by atoms with Crippen LogP contribution in [-0.4, -0.2) is 24.2 Å². The largest absolute Gasteiger partial charge is 0.273 e. The molecular formula is C24H28F2N4O2. The highest BCUT2D eigenvalue weighted by Crippen LogP contribution is 2.09. The minimum absolute atomic E-state index is 0.152. The van der Waals surface area contributed by atoms with E-state index in [1.54, 1.807) is 24.3 Å². The van der Waals surface area contributed by atoms with Gasteiger partial charge in [-0.05, 0) is 48.2 Å². The molecular weight excluding hydrogens is 414 g/mol. The maximum atomic E-state index is 12.8. The van der Waals surface area contributed by atoms with Crippen molar-refractivity contribution in [1.29, 1.82) is 0 Å². The lowest BCUT2D eigenvalue weighted by Gasteiger charge is -2.02. The van der Waals surface area contributed by atoms with E-state index < -0.39 is 0 Å². The number of hydrogen-bond donors (Lipinski definition) is 2. The molecule has 2 aromatic carbocycles. The van der Waals surface area contributed by atoms with Crippen LogP contribution in [0.25, 0.3) is 0 Å². The molecule has 0 atom stereocenters. The number of carbonyl (C=O) groups excluding carboxylic acids is 2. The Hall–Kier alpha value is -3.42. The van der Waals surface area contributed by atoms with Gasteiger partial charge in [-0.3, -0.25) is 9.59 Å². The molecule has 170 valence electrons. The fourth-order valence-corrected chi connectivity index (χ4v) is 2.85. The second-order valence-electron chi connectivity index (χ2n) is 7.31. The Morgan fingerprint density at radius 3 is 1.34 bits per heavy atom. The van der Waals surface area contributed by atoms with Crippen molar-refractivity contribution in [3.8, 4) is 0 Å². The number of halogens is 2. The Bertz CT molecular complexity index is 822. The van der Waals surface area contributed by atoms with E-state index in [2.05, 4.69) is 21.1 Å². The summed E-state index contributed by atoms with van der Waals surface area (Å²) in [5.41, 5.74) is 6.34. The second kappa shape index (κ2) is 14.6. The standard InChI is InChI=1S/C24H28F2N4O2/c25-21-13-9-19(10-14-21)17-27-29-23(31)7-5-3-1-2-4-6-8-24(32)30-28-18-20-11-15-22(26)16-12-20/h9-18H,1-8H2,(H,29,31)(H,30,32)/b27-17-,28-18-. The monoisotopic (exact) mass is 442 g/mol. The maximum Gasteiger partial charge on any atom is 0.240 e. The van der Waals surface area contributed by atoms with Gasteiger partial charge in [-0.1, -0.05) is 49.9 Å². The summed E-state index contributed by atoms with van der Waals surface area (Å²) in [7, 11) is 0. The molecule has 6 nitrogen and oxygen atoms in total. The molecule has 2 aromatic rings. The smallest absolute Gasteiger partial charge is 0.240 e. The van der Waals surface area contributed by atoms with Crippen molar-refractivity contribution >= 4 is 24.2 Å². The van der Waals surface area contributed by atoms with Gasteiger partial charge in [0, 0.05) is 12.8 Å². The minimum Gasteiger partial charge on any atom is -0.273 e. The van der Waals surface area contributed by atoms with Crippen LogP contribution in [0, 0.1) is 11.6 Å². The molecule has 0 aliphatic heterocycles. The van der Waals surface area contributed by atoms with E-state index in [-0.39, 0.29) is 23.4 Å². The van der Waals surface area contributed by atoms with Gasteiger partial charge in [-0.25, -0.2) is 19.6 Å². The number of rotatable bonds is 13. The van der Waals surface area contributed by atoms with Crippen LogP contribution >= 0.6 is 0 Å². The summed E-state index contributed by atoms with van der Waals surface area (Å²) in [6.07, 6.45) is 9.15. The average molecular weight is 443 g/mol. The lowest BCUT2D eigenvalue weighted by molar-refractivity contribution is -0.122. The summed E-state index contributed by atoms with van der Waals surface area (Å²) in [5.74, 6) is -0.938. The normalized spacial score (nSPS) is 11.2. The Labute approximate surface area is 186 Å². The van der Waals surface area contributed by atoms with E-state index >= 15 is 0 Å². The first kappa shape index (κ1) is 24.8. The van der Waals surface area contributed by atoms with Crippen LogP contribution < -0.4 is 10.9 Å². The molecule has 0 bridgehead atoms. The zero-order chi connectivity index (χ0) is 23.0. The van der Waals surface area contributed by atoms with Gasteiger partial charge in [0.15, 0.2) is 0 Å². The predicted octanol–water partition coefficient (Wildman–Crippen LogP) is 4.69. The summed E-state index contributed by atoms with van der Waals surface area (Å²) in [6.45, 7) is 0. The van der Waals surface area contributed by atoms with Gasteiger partial charge in [0.2, 0.25) is 11.8 Å². The molecule has 0 heterocycles. The van der Waals surface area contributed by atoms with Crippen LogP contribution in [0.1, 0.15) is 62.5 Å². The molecule has 8 heteroatoms. The number of carbonyl (C=O) groups is 2. The van der Waals surface area contributed by atoms with Gasteiger partial charge in [-0.15, -0.1) is 0 Å². The van der Waals surface area contributed by atoms with Gasteiger partial charge in [0.1, 0.15) is 11.6 Å². The first-order valence-electron chi connectivity index (χ1n) is 10.7. The fraction of sp³-hybridized carbons (Fsp3) is 0.333. The van der Waals surface area contributed by atoms with Crippen LogP contribution in [0.5, 0.6) is 0 Å². The second-order valence-corrected chi connectivity index (χ2v) is 7.31. The van der Waals surface area contributed by atoms with Crippen molar-refractivity contribution in [3.63, 3.8) is 0 Å². The number of amides is 2. The highest BCUT2D eigenvalue weighted by Gasteiger charge is 2.01. The summed E-state index contributed by atoms with van der Waals surface area (Å²) < 4.78 is 25.6. The molecule has 0 aliphatic carbocycles. The van der Waals surface area contributed by atoms with Crippen LogP contribution in [0.4, 0.5) is 8.78 Å². The lowest BCUT2D eigenvalue weighted by Crippen LogP contribution is -2.17. The van der Waals surface area contributed by atoms with Crippen molar-refractivity contribution in [2.45, 2.75) is 51.4 Å². The molecule has 0 fully saturated rings. The van der Waals surface area contributed by atoms with E-state index in [0.29, 0.717) is 24.0 Å². The Balaban J connectivity index is 1.43. The third-order valence-corrected chi connectivity index (χ3v) is 4.60. The third-order valence-electron chi connectivity index (χ3n) is 4.60. The first-order valence-corrected chi connectivity index (χ1v) is 10.7. The van der Waals surface area contributed by atoms with Crippen LogP contribution in [0.2, 0.25) is 0 Å². The Morgan fingerprint density at radius 1 is 0.625 bits per heavy atom. The SMILES string of the molecule is O=C(CCCCCCCCC(=O)N/N=C\c1ccc(F)cc1)N/N=C\c1ccc(F)cc1. The van der Waals surface area contributed by atoms with Crippen molar-refractivity contribution in [2.24, 2.45) is 10.2 Å². The van der Waals surface area contributed by atoms with Gasteiger partial charge in [0.05, 0.1) is 12.4 Å². The summed E-state index contributed by atoms with van der Waals surface area (Å²) >= 11 is 0. The number of nitrogens with one attached hydrogen (secondary N) is 2. The third kappa shape index (κ3) is 11.1. The summed E-state index contributed by atoms with van der Waals surface area (Å²) in [5, 5.41) is 7.72. The van der Waals surface area contributed by atoms with Gasteiger partial charge in [-0.2, -0.15) is 10.2 Å². The van der Waals surface area contributed by atoms with Crippen LogP contribution in [-0.2, 0) is 9.59 Å². The van der Waals surface area contributed by atoms with Crippen LogP contribution in [0.15, 0.2) is 58.7 Å². The molecule has 2 amide bonds. The molecule has 0 unspecified atom stereocenters. The molecule has 2 rings (SSSR count). The molecule has 0 radical (unpaired) electrons. The molecule has 2 N–H and O–H groups in total. The number of hydrazone groups is 2. The van der Waals surface area contributed by atoms with E-state index in [4.69, 9.17) is 0 Å². The molecule has 0 saturated heterocycles. The number of nitrogens with zero attached hydrogens (tertiary/aromatic N) is 2. The summed E-state index contributed by atoms with van der Waals surface area (Å²) in [4.78, 5) is 23.5.